The topological polar surface area (TPSA) is 58.4 Å². The summed E-state index contributed by atoms with van der Waals surface area (Å²) in [4.78, 5) is 14.4. The van der Waals surface area contributed by atoms with Gasteiger partial charge >= 0.3 is 0 Å². The number of anilines is 1. The summed E-state index contributed by atoms with van der Waals surface area (Å²) >= 11 is 0. The Bertz CT molecular complexity index is 448. The van der Waals surface area contributed by atoms with Crippen LogP contribution < -0.4 is 11.1 Å². The van der Waals surface area contributed by atoms with Gasteiger partial charge < -0.3 is 16.0 Å². The maximum absolute atomic E-state index is 12.5. The minimum Gasteiger partial charge on any atom is -0.399 e. The summed E-state index contributed by atoms with van der Waals surface area (Å²) in [5, 5.41) is 3.42. The molecule has 4 heteroatoms. The van der Waals surface area contributed by atoms with Crippen molar-refractivity contribution in [3.05, 3.63) is 29.3 Å². The zero-order chi connectivity index (χ0) is 13.3. The van der Waals surface area contributed by atoms with Crippen molar-refractivity contribution in [3.8, 4) is 0 Å². The fourth-order valence-corrected chi connectivity index (χ4v) is 2.53. The first-order valence-corrected chi connectivity index (χ1v) is 6.39. The minimum atomic E-state index is 0.0833. The second-order valence-electron chi connectivity index (χ2n) is 5.25. The Morgan fingerprint density at radius 1 is 1.33 bits per heavy atom. The van der Waals surface area contributed by atoms with E-state index in [1.807, 2.05) is 24.0 Å². The predicted molar refractivity (Wildman–Crippen MR) is 73.6 cm³/mol. The molecule has 1 aromatic rings. The lowest BCUT2D eigenvalue weighted by Crippen LogP contribution is -2.55. The molecular formula is C14H21N3O. The van der Waals surface area contributed by atoms with E-state index in [0.29, 0.717) is 17.8 Å². The predicted octanol–water partition coefficient (Wildman–Crippen LogP) is 1.40. The van der Waals surface area contributed by atoms with Gasteiger partial charge in [0.15, 0.2) is 0 Å². The second kappa shape index (κ2) is 4.98. The van der Waals surface area contributed by atoms with Crippen molar-refractivity contribution in [1.29, 1.82) is 0 Å². The van der Waals surface area contributed by atoms with E-state index in [4.69, 9.17) is 5.73 Å². The number of carbonyl (C=O) groups excluding carboxylic acids is 1. The molecule has 0 radical (unpaired) electrons. The van der Waals surface area contributed by atoms with Crippen LogP contribution in [0.1, 0.15) is 29.8 Å². The van der Waals surface area contributed by atoms with Crippen molar-refractivity contribution in [2.75, 3.05) is 18.8 Å². The first-order valence-electron chi connectivity index (χ1n) is 6.39. The molecule has 4 nitrogen and oxygen atoms in total. The van der Waals surface area contributed by atoms with Gasteiger partial charge in [-0.2, -0.15) is 0 Å². The highest BCUT2D eigenvalue weighted by molar-refractivity contribution is 5.96. The Morgan fingerprint density at radius 3 is 2.56 bits per heavy atom. The summed E-state index contributed by atoms with van der Waals surface area (Å²) in [7, 11) is 0. The molecule has 98 valence electrons. The highest BCUT2D eigenvalue weighted by Crippen LogP contribution is 2.17. The summed E-state index contributed by atoms with van der Waals surface area (Å²) in [6, 6.07) is 6.17. The molecule has 2 atom stereocenters. The molecule has 1 saturated heterocycles. The molecule has 0 aliphatic carbocycles. The molecule has 0 saturated carbocycles. The fraction of sp³-hybridized carbons (Fsp3) is 0.500. The summed E-state index contributed by atoms with van der Waals surface area (Å²) in [6.07, 6.45) is 0. The number of rotatable bonds is 1. The van der Waals surface area contributed by atoms with E-state index in [0.717, 1.165) is 24.2 Å². The number of nitrogens with one attached hydrogen (secondary N) is 1. The van der Waals surface area contributed by atoms with Crippen molar-refractivity contribution in [3.63, 3.8) is 0 Å². The second-order valence-corrected chi connectivity index (χ2v) is 5.25. The first-order chi connectivity index (χ1) is 8.47. The molecule has 0 aromatic heterocycles. The van der Waals surface area contributed by atoms with E-state index in [-0.39, 0.29) is 5.91 Å². The molecule has 18 heavy (non-hydrogen) atoms. The van der Waals surface area contributed by atoms with E-state index in [2.05, 4.69) is 19.2 Å². The number of amides is 1. The maximum atomic E-state index is 12.5. The van der Waals surface area contributed by atoms with Crippen molar-refractivity contribution >= 4 is 11.6 Å². The lowest BCUT2D eigenvalue weighted by Gasteiger charge is -2.36. The molecule has 1 aliphatic heterocycles. The lowest BCUT2D eigenvalue weighted by atomic mass is 10.0. The average Bonchev–Trinajstić information content (AvgIpc) is 2.30. The standard InChI is InChI=1S/C14H21N3O/c1-9-4-5-12(15)6-13(9)14(18)17-7-10(2)16-11(3)8-17/h4-6,10-11,16H,7-8,15H2,1-3H3/t10-,11+. The van der Waals surface area contributed by atoms with E-state index in [9.17, 15) is 4.79 Å². The van der Waals surface area contributed by atoms with Crippen LogP contribution in [0.4, 0.5) is 5.69 Å². The van der Waals surface area contributed by atoms with Crippen LogP contribution in [-0.4, -0.2) is 36.0 Å². The molecule has 1 fully saturated rings. The van der Waals surface area contributed by atoms with Gasteiger partial charge in [-0.15, -0.1) is 0 Å². The Morgan fingerprint density at radius 2 is 1.94 bits per heavy atom. The van der Waals surface area contributed by atoms with Crippen molar-refractivity contribution < 1.29 is 4.79 Å². The third kappa shape index (κ3) is 2.64. The van der Waals surface area contributed by atoms with Gasteiger partial charge in [-0.3, -0.25) is 4.79 Å². The van der Waals surface area contributed by atoms with Crippen molar-refractivity contribution in [2.24, 2.45) is 0 Å². The maximum Gasteiger partial charge on any atom is 0.254 e. The molecule has 2 rings (SSSR count). The van der Waals surface area contributed by atoms with Gasteiger partial charge in [-0.05, 0) is 38.5 Å². The molecule has 3 N–H and O–H groups in total. The lowest BCUT2D eigenvalue weighted by molar-refractivity contribution is 0.0673. The van der Waals surface area contributed by atoms with E-state index in [1.165, 1.54) is 0 Å². The molecule has 1 heterocycles. The summed E-state index contributed by atoms with van der Waals surface area (Å²) in [5.41, 5.74) is 8.10. The Kier molecular flexibility index (Phi) is 3.57. The highest BCUT2D eigenvalue weighted by Gasteiger charge is 2.26. The third-order valence-corrected chi connectivity index (χ3v) is 3.34. The number of nitrogen functional groups attached to an aromatic ring is 1. The van der Waals surface area contributed by atoms with Gasteiger partial charge in [0.25, 0.3) is 5.91 Å². The number of piperazine rings is 1. The van der Waals surface area contributed by atoms with Crippen LogP contribution in [-0.2, 0) is 0 Å². The first kappa shape index (κ1) is 12.9. The SMILES string of the molecule is Cc1ccc(N)cc1C(=O)N1C[C@@H](C)N[C@@H](C)C1. The average molecular weight is 247 g/mol. The number of benzene rings is 1. The molecule has 0 unspecified atom stereocenters. The Balaban J connectivity index is 2.22. The number of aryl methyl sites for hydroxylation is 1. The quantitative estimate of drug-likeness (QED) is 0.738. The van der Waals surface area contributed by atoms with E-state index < -0.39 is 0 Å². The van der Waals surface area contributed by atoms with Crippen LogP contribution in [0, 0.1) is 6.92 Å². The van der Waals surface area contributed by atoms with Crippen LogP contribution in [0.25, 0.3) is 0 Å². The Hall–Kier alpha value is -1.55. The summed E-state index contributed by atoms with van der Waals surface area (Å²) < 4.78 is 0. The van der Waals surface area contributed by atoms with Gasteiger partial charge in [0.1, 0.15) is 0 Å². The largest absolute Gasteiger partial charge is 0.399 e. The number of nitrogens with zero attached hydrogens (tertiary/aromatic N) is 1. The van der Waals surface area contributed by atoms with Crippen LogP contribution in [0.5, 0.6) is 0 Å². The normalized spacial score (nSPS) is 24.1. The molecule has 1 aliphatic rings. The number of hydrogen-bond acceptors (Lipinski definition) is 3. The van der Waals surface area contributed by atoms with E-state index >= 15 is 0 Å². The van der Waals surface area contributed by atoms with Gasteiger partial charge in [0.05, 0.1) is 0 Å². The fourth-order valence-electron chi connectivity index (χ4n) is 2.53. The number of nitrogens with two attached hydrogens (primary N) is 1. The molecule has 1 amide bonds. The van der Waals surface area contributed by atoms with Gasteiger partial charge in [0, 0.05) is 36.4 Å². The zero-order valence-corrected chi connectivity index (χ0v) is 11.2. The summed E-state index contributed by atoms with van der Waals surface area (Å²) in [5.74, 6) is 0.0833. The van der Waals surface area contributed by atoms with Gasteiger partial charge in [-0.1, -0.05) is 6.07 Å². The minimum absolute atomic E-state index is 0.0833. The van der Waals surface area contributed by atoms with Crippen LogP contribution in [0.15, 0.2) is 18.2 Å². The zero-order valence-electron chi connectivity index (χ0n) is 11.2. The van der Waals surface area contributed by atoms with E-state index in [1.54, 1.807) is 6.07 Å². The van der Waals surface area contributed by atoms with Crippen molar-refractivity contribution in [2.45, 2.75) is 32.9 Å². The summed E-state index contributed by atoms with van der Waals surface area (Å²) in [6.45, 7) is 7.64. The number of carbonyl (C=O) groups is 1. The van der Waals surface area contributed by atoms with Crippen LogP contribution >= 0.6 is 0 Å². The monoisotopic (exact) mass is 247 g/mol. The third-order valence-electron chi connectivity index (χ3n) is 3.34. The van der Waals surface area contributed by atoms with Crippen LogP contribution in [0.2, 0.25) is 0 Å². The van der Waals surface area contributed by atoms with Gasteiger partial charge in [-0.25, -0.2) is 0 Å². The molecular weight excluding hydrogens is 226 g/mol. The highest BCUT2D eigenvalue weighted by atomic mass is 16.2. The molecule has 0 spiro atoms. The Labute approximate surface area is 108 Å². The smallest absolute Gasteiger partial charge is 0.254 e. The van der Waals surface area contributed by atoms with Crippen LogP contribution in [0.3, 0.4) is 0 Å². The number of hydrogen-bond donors (Lipinski definition) is 2. The van der Waals surface area contributed by atoms with Crippen molar-refractivity contribution in [1.82, 2.24) is 10.2 Å². The molecule has 1 aromatic carbocycles. The molecule has 0 bridgehead atoms. The van der Waals surface area contributed by atoms with Gasteiger partial charge in [0.2, 0.25) is 0 Å².